The van der Waals surface area contributed by atoms with Crippen LogP contribution in [0, 0.1) is 42.2 Å². The average Bonchev–Trinajstić information content (AvgIpc) is 3.48. The van der Waals surface area contributed by atoms with E-state index in [4.69, 9.17) is 19.9 Å². The summed E-state index contributed by atoms with van der Waals surface area (Å²) in [7, 11) is -1.26. The van der Waals surface area contributed by atoms with Gasteiger partial charge in [0.15, 0.2) is 6.29 Å². The van der Waals surface area contributed by atoms with E-state index in [1.807, 2.05) is 4.31 Å². The summed E-state index contributed by atoms with van der Waals surface area (Å²) in [5.41, 5.74) is 7.00. The molecule has 2 aliphatic heterocycles. The Morgan fingerprint density at radius 3 is 2.54 bits per heavy atom. The standard InChI is InChI=1S/C23H35N3O5S.C7H6F2/c1-15(2)13-26(32(28)18-6-4-17(24)5-7-18)10-3-9-25-23(27)31-20-12-16-14-30-22-21(16)19(20)8-11-29-22;1-5-2-6(8)4-7(9)3-5/h4-7,15-16,19-22H,3,8-14,24H2,1-2H3,(H,25,27);2-4H,1H3/t16-,19?,20?,21?,22?,32?;/m0./s1. The first-order valence-electron chi connectivity index (χ1n) is 14.2. The van der Waals surface area contributed by atoms with Crippen molar-refractivity contribution in [2.75, 3.05) is 38.6 Å². The number of nitrogens with one attached hydrogen (secondary N) is 1. The minimum atomic E-state index is -1.26. The Hall–Kier alpha value is -2.60. The lowest BCUT2D eigenvalue weighted by molar-refractivity contribution is -0.173. The van der Waals surface area contributed by atoms with Crippen LogP contribution in [-0.2, 0) is 25.2 Å². The Balaban J connectivity index is 0.000000367. The van der Waals surface area contributed by atoms with Gasteiger partial charge in [-0.15, -0.1) is 0 Å². The molecule has 226 valence electrons. The normalized spacial score (nSPS) is 25.4. The van der Waals surface area contributed by atoms with Crippen LogP contribution in [0.5, 0.6) is 0 Å². The number of aryl methyl sites for hydroxylation is 1. The van der Waals surface area contributed by atoms with Crippen LogP contribution < -0.4 is 11.1 Å². The second-order valence-electron chi connectivity index (χ2n) is 11.4. The van der Waals surface area contributed by atoms with Crippen molar-refractivity contribution < 1.29 is 32.0 Å². The van der Waals surface area contributed by atoms with Crippen LogP contribution in [0.3, 0.4) is 0 Å². The van der Waals surface area contributed by atoms with Crippen molar-refractivity contribution in [3.63, 3.8) is 0 Å². The molecule has 3 N–H and O–H groups in total. The smallest absolute Gasteiger partial charge is 0.407 e. The van der Waals surface area contributed by atoms with Gasteiger partial charge in [0.25, 0.3) is 0 Å². The van der Waals surface area contributed by atoms with Gasteiger partial charge in [0, 0.05) is 43.2 Å². The van der Waals surface area contributed by atoms with Crippen LogP contribution in [-0.4, -0.2) is 59.8 Å². The summed E-state index contributed by atoms with van der Waals surface area (Å²) in [6, 6.07) is 10.6. The molecule has 2 heterocycles. The maximum Gasteiger partial charge on any atom is 0.407 e. The fourth-order valence-electron chi connectivity index (χ4n) is 5.85. The first-order chi connectivity index (χ1) is 19.6. The van der Waals surface area contributed by atoms with Crippen LogP contribution in [0.15, 0.2) is 47.4 Å². The molecule has 5 unspecified atom stereocenters. The Morgan fingerprint density at radius 1 is 1.17 bits per heavy atom. The maximum absolute atomic E-state index is 13.0. The number of carbonyl (C=O) groups is 1. The summed E-state index contributed by atoms with van der Waals surface area (Å²) < 4.78 is 56.5. The van der Waals surface area contributed by atoms with E-state index >= 15 is 0 Å². The van der Waals surface area contributed by atoms with Gasteiger partial charge in [0.05, 0.1) is 18.1 Å². The van der Waals surface area contributed by atoms with E-state index in [1.54, 1.807) is 31.2 Å². The third-order valence-electron chi connectivity index (χ3n) is 7.58. The first-order valence-corrected chi connectivity index (χ1v) is 15.3. The van der Waals surface area contributed by atoms with Gasteiger partial charge in [-0.1, -0.05) is 13.8 Å². The summed E-state index contributed by atoms with van der Waals surface area (Å²) >= 11 is 0. The van der Waals surface area contributed by atoms with Crippen molar-refractivity contribution in [3.8, 4) is 0 Å². The number of nitrogens with zero attached hydrogens (tertiary/aromatic N) is 1. The van der Waals surface area contributed by atoms with Crippen molar-refractivity contribution in [2.45, 2.75) is 57.3 Å². The molecule has 2 aromatic rings. The number of carbonyl (C=O) groups excluding carboxylic acids is 1. The summed E-state index contributed by atoms with van der Waals surface area (Å²) in [5, 5.41) is 2.88. The minimum Gasteiger partial charge on any atom is -0.446 e. The van der Waals surface area contributed by atoms with Gasteiger partial charge in [-0.05, 0) is 80.0 Å². The average molecular weight is 594 g/mol. The third-order valence-corrected chi connectivity index (χ3v) is 9.05. The molecule has 0 radical (unpaired) electrons. The predicted octanol–water partition coefficient (Wildman–Crippen LogP) is 5.04. The number of alkyl carbamates (subject to hydrolysis) is 1. The van der Waals surface area contributed by atoms with Crippen LogP contribution in [0.25, 0.3) is 0 Å². The van der Waals surface area contributed by atoms with E-state index in [2.05, 4.69) is 19.2 Å². The van der Waals surface area contributed by atoms with Gasteiger partial charge in [-0.2, -0.15) is 0 Å². The second kappa shape index (κ2) is 14.5. The monoisotopic (exact) mass is 593 g/mol. The Kier molecular flexibility index (Phi) is 11.1. The maximum atomic E-state index is 13.0. The second-order valence-corrected chi connectivity index (χ2v) is 12.9. The zero-order valence-electron chi connectivity index (χ0n) is 23.9. The summed E-state index contributed by atoms with van der Waals surface area (Å²) in [6.07, 6.45) is 1.91. The number of benzene rings is 2. The van der Waals surface area contributed by atoms with Crippen molar-refractivity contribution in [1.29, 1.82) is 0 Å². The SMILES string of the molecule is CC(C)CN(CCCNC(=O)OC1C[C@H]2COC3OCCC1C32)S(=O)c1ccc(N)cc1.Cc1cc(F)cc(F)c1. The topological polar surface area (TPSA) is 103 Å². The van der Waals surface area contributed by atoms with Gasteiger partial charge in [-0.3, -0.25) is 0 Å². The van der Waals surface area contributed by atoms with Crippen molar-refractivity contribution in [3.05, 3.63) is 59.7 Å². The van der Waals surface area contributed by atoms with Crippen LogP contribution in [0.2, 0.25) is 0 Å². The number of amides is 1. The van der Waals surface area contributed by atoms with Gasteiger partial charge >= 0.3 is 6.09 Å². The molecule has 2 aromatic carbocycles. The molecule has 3 fully saturated rings. The van der Waals surface area contributed by atoms with E-state index < -0.39 is 22.6 Å². The van der Waals surface area contributed by atoms with E-state index in [1.165, 1.54) is 12.1 Å². The number of nitrogen functional groups attached to an aromatic ring is 1. The number of nitrogens with two attached hydrogens (primary N) is 1. The van der Waals surface area contributed by atoms with Crippen molar-refractivity contribution in [1.82, 2.24) is 9.62 Å². The molecule has 6 atom stereocenters. The molecule has 8 nitrogen and oxygen atoms in total. The molecule has 0 spiro atoms. The van der Waals surface area contributed by atoms with E-state index in [0.29, 0.717) is 74.2 Å². The Morgan fingerprint density at radius 2 is 1.88 bits per heavy atom. The van der Waals surface area contributed by atoms with Gasteiger partial charge in [-0.25, -0.2) is 22.1 Å². The highest BCUT2D eigenvalue weighted by Gasteiger charge is 2.54. The number of ether oxygens (including phenoxy) is 3. The Labute approximate surface area is 243 Å². The fraction of sp³-hybridized carbons (Fsp3) is 0.567. The third kappa shape index (κ3) is 8.70. The lowest BCUT2D eigenvalue weighted by Crippen LogP contribution is -2.39. The molecule has 0 bridgehead atoms. The van der Waals surface area contributed by atoms with Crippen LogP contribution >= 0.6 is 0 Å². The molecule has 11 heteroatoms. The lowest BCUT2D eigenvalue weighted by atomic mass is 9.87. The zero-order chi connectivity index (χ0) is 29.5. The van der Waals surface area contributed by atoms with E-state index in [-0.39, 0.29) is 18.5 Å². The predicted molar refractivity (Wildman–Crippen MR) is 153 cm³/mol. The van der Waals surface area contributed by atoms with Crippen LogP contribution in [0.4, 0.5) is 19.3 Å². The number of anilines is 1. The molecular formula is C30H41F2N3O5S. The van der Waals surface area contributed by atoms with Crippen molar-refractivity contribution in [2.24, 2.45) is 23.7 Å². The summed E-state index contributed by atoms with van der Waals surface area (Å²) in [6.45, 7) is 9.01. The Bertz CT molecular complexity index is 1130. The lowest BCUT2D eigenvalue weighted by Gasteiger charge is -2.32. The van der Waals surface area contributed by atoms with Crippen molar-refractivity contribution >= 4 is 22.8 Å². The highest BCUT2D eigenvalue weighted by molar-refractivity contribution is 7.82. The summed E-state index contributed by atoms with van der Waals surface area (Å²) in [4.78, 5) is 13.1. The summed E-state index contributed by atoms with van der Waals surface area (Å²) in [5.74, 6) is 0.445. The molecule has 1 amide bonds. The molecule has 0 aromatic heterocycles. The molecule has 1 saturated carbocycles. The number of halogens is 2. The largest absolute Gasteiger partial charge is 0.446 e. The van der Waals surface area contributed by atoms with Gasteiger partial charge < -0.3 is 25.3 Å². The van der Waals surface area contributed by atoms with Gasteiger partial charge in [0.1, 0.15) is 28.7 Å². The number of hydrogen-bond acceptors (Lipinski definition) is 6. The molecule has 3 aliphatic rings. The highest BCUT2D eigenvalue weighted by Crippen LogP contribution is 2.49. The molecule has 2 saturated heterocycles. The van der Waals surface area contributed by atoms with Crippen LogP contribution in [0.1, 0.15) is 38.7 Å². The zero-order valence-corrected chi connectivity index (χ0v) is 24.7. The van der Waals surface area contributed by atoms with Gasteiger partial charge in [0.2, 0.25) is 0 Å². The van der Waals surface area contributed by atoms with E-state index in [0.717, 1.165) is 23.8 Å². The molecule has 5 rings (SSSR count). The molecule has 41 heavy (non-hydrogen) atoms. The number of hydrogen-bond donors (Lipinski definition) is 2. The minimum absolute atomic E-state index is 0.0595. The number of rotatable bonds is 9. The quantitative estimate of drug-likeness (QED) is 0.312. The molecular weight excluding hydrogens is 552 g/mol. The first kappa shape index (κ1) is 31.3. The van der Waals surface area contributed by atoms with E-state index in [9.17, 15) is 17.8 Å². The fourth-order valence-corrected chi connectivity index (χ4v) is 7.25. The highest BCUT2D eigenvalue weighted by atomic mass is 32.2. The molecule has 1 aliphatic carbocycles.